The van der Waals surface area contributed by atoms with Crippen molar-refractivity contribution < 1.29 is 19.5 Å². The standard InChI is InChI=1S/C15H24N2O4/c1-14(2)13(21)16-7-8-17(14)11(18)9-15(10-12(19)20)5-3-4-6-15/h3-10H2,1-2H3,(H,16,21)(H,19,20). The largest absolute Gasteiger partial charge is 0.481 e. The van der Waals surface area contributed by atoms with Crippen LogP contribution in [0.2, 0.25) is 0 Å². The maximum atomic E-state index is 12.7. The van der Waals surface area contributed by atoms with Gasteiger partial charge in [-0.05, 0) is 32.1 Å². The summed E-state index contributed by atoms with van der Waals surface area (Å²) in [5, 5.41) is 11.9. The van der Waals surface area contributed by atoms with Crippen molar-refractivity contribution in [3.8, 4) is 0 Å². The molecule has 2 rings (SSSR count). The van der Waals surface area contributed by atoms with Crippen molar-refractivity contribution in [2.45, 2.75) is 57.9 Å². The number of carboxylic acids is 1. The Balaban J connectivity index is 2.12. The molecule has 2 aliphatic rings. The number of nitrogens with zero attached hydrogens (tertiary/aromatic N) is 1. The fourth-order valence-corrected chi connectivity index (χ4v) is 3.61. The molecule has 6 heteroatoms. The third-order valence-electron chi connectivity index (χ3n) is 4.87. The molecule has 21 heavy (non-hydrogen) atoms. The second-order valence-electron chi connectivity index (χ2n) is 6.81. The molecule has 0 unspecified atom stereocenters. The van der Waals surface area contributed by atoms with Gasteiger partial charge in [0.2, 0.25) is 11.8 Å². The summed E-state index contributed by atoms with van der Waals surface area (Å²) in [7, 11) is 0. The monoisotopic (exact) mass is 296 g/mol. The summed E-state index contributed by atoms with van der Waals surface area (Å²) in [6, 6.07) is 0. The lowest BCUT2D eigenvalue weighted by Gasteiger charge is -2.42. The fraction of sp³-hybridized carbons (Fsp3) is 0.800. The first-order chi connectivity index (χ1) is 9.77. The van der Waals surface area contributed by atoms with Crippen LogP contribution < -0.4 is 5.32 Å². The van der Waals surface area contributed by atoms with Crippen molar-refractivity contribution in [2.24, 2.45) is 5.41 Å². The molecule has 118 valence electrons. The van der Waals surface area contributed by atoms with Gasteiger partial charge in [0.1, 0.15) is 5.54 Å². The normalized spacial score (nSPS) is 23.7. The zero-order chi connectivity index (χ0) is 15.7. The molecule has 1 saturated heterocycles. The number of hydrogen-bond donors (Lipinski definition) is 2. The van der Waals surface area contributed by atoms with Crippen molar-refractivity contribution in [3.05, 3.63) is 0 Å². The van der Waals surface area contributed by atoms with Crippen molar-refractivity contribution >= 4 is 17.8 Å². The molecule has 6 nitrogen and oxygen atoms in total. The lowest BCUT2D eigenvalue weighted by Crippen LogP contribution is -2.63. The van der Waals surface area contributed by atoms with Gasteiger partial charge in [0.05, 0.1) is 6.42 Å². The second kappa shape index (κ2) is 5.66. The molecule has 1 aliphatic heterocycles. The molecule has 0 aromatic carbocycles. The minimum Gasteiger partial charge on any atom is -0.481 e. The highest BCUT2D eigenvalue weighted by atomic mass is 16.4. The van der Waals surface area contributed by atoms with Gasteiger partial charge in [-0.25, -0.2) is 0 Å². The van der Waals surface area contributed by atoms with Crippen molar-refractivity contribution in [1.29, 1.82) is 0 Å². The van der Waals surface area contributed by atoms with Crippen LogP contribution in [-0.2, 0) is 14.4 Å². The smallest absolute Gasteiger partial charge is 0.303 e. The van der Waals surface area contributed by atoms with Gasteiger partial charge >= 0.3 is 5.97 Å². The third kappa shape index (κ3) is 3.19. The van der Waals surface area contributed by atoms with E-state index in [2.05, 4.69) is 5.32 Å². The van der Waals surface area contributed by atoms with Gasteiger partial charge in [0.25, 0.3) is 0 Å². The van der Waals surface area contributed by atoms with E-state index in [9.17, 15) is 14.4 Å². The minimum absolute atomic E-state index is 0.0409. The number of nitrogens with one attached hydrogen (secondary N) is 1. The SMILES string of the molecule is CC1(C)C(=O)NCCN1C(=O)CC1(CC(=O)O)CCCC1. The van der Waals surface area contributed by atoms with Crippen LogP contribution in [0.4, 0.5) is 0 Å². The molecule has 0 bridgehead atoms. The van der Waals surface area contributed by atoms with Gasteiger partial charge < -0.3 is 15.3 Å². The molecule has 0 spiro atoms. The van der Waals surface area contributed by atoms with Crippen molar-refractivity contribution in [2.75, 3.05) is 13.1 Å². The Kier molecular flexibility index (Phi) is 4.25. The van der Waals surface area contributed by atoms with Crippen molar-refractivity contribution in [3.63, 3.8) is 0 Å². The molecule has 2 N–H and O–H groups in total. The average molecular weight is 296 g/mol. The molecular weight excluding hydrogens is 272 g/mol. The highest BCUT2D eigenvalue weighted by molar-refractivity contribution is 5.92. The quantitative estimate of drug-likeness (QED) is 0.814. The summed E-state index contributed by atoms with van der Waals surface area (Å²) in [5.41, 5.74) is -1.29. The number of carboxylic acid groups (broad SMARTS) is 1. The number of rotatable bonds is 4. The number of carbonyl (C=O) groups excluding carboxylic acids is 2. The molecule has 1 saturated carbocycles. The van der Waals surface area contributed by atoms with Crippen LogP contribution in [0.3, 0.4) is 0 Å². The fourth-order valence-electron chi connectivity index (χ4n) is 3.61. The number of amides is 2. The Morgan fingerprint density at radius 2 is 1.86 bits per heavy atom. The highest BCUT2D eigenvalue weighted by Gasteiger charge is 2.44. The van der Waals surface area contributed by atoms with E-state index in [1.165, 1.54) is 0 Å². The third-order valence-corrected chi connectivity index (χ3v) is 4.87. The Morgan fingerprint density at radius 1 is 1.24 bits per heavy atom. The summed E-state index contributed by atoms with van der Waals surface area (Å²) in [5.74, 6) is -1.10. The lowest BCUT2D eigenvalue weighted by atomic mass is 9.78. The van der Waals surface area contributed by atoms with E-state index in [1.807, 2.05) is 0 Å². The van der Waals surface area contributed by atoms with Crippen LogP contribution >= 0.6 is 0 Å². The zero-order valence-corrected chi connectivity index (χ0v) is 12.8. The van der Waals surface area contributed by atoms with Crippen LogP contribution in [0, 0.1) is 5.41 Å². The predicted octanol–water partition coefficient (Wildman–Crippen LogP) is 1.15. The van der Waals surface area contributed by atoms with E-state index in [-0.39, 0.29) is 24.7 Å². The topological polar surface area (TPSA) is 86.7 Å². The summed E-state index contributed by atoms with van der Waals surface area (Å²) in [6.45, 7) is 4.41. The lowest BCUT2D eigenvalue weighted by molar-refractivity contribution is -0.151. The van der Waals surface area contributed by atoms with Crippen LogP contribution in [0.25, 0.3) is 0 Å². The average Bonchev–Trinajstić information content (AvgIpc) is 2.79. The summed E-state index contributed by atoms with van der Waals surface area (Å²) in [4.78, 5) is 37.3. The van der Waals surface area contributed by atoms with Gasteiger partial charge in [-0.3, -0.25) is 14.4 Å². The number of aliphatic carboxylic acids is 1. The first kappa shape index (κ1) is 15.8. The molecule has 0 atom stereocenters. The molecule has 0 aromatic rings. The number of carbonyl (C=O) groups is 3. The molecule has 1 heterocycles. The number of piperazine rings is 1. The van der Waals surface area contributed by atoms with E-state index in [1.54, 1.807) is 18.7 Å². The van der Waals surface area contributed by atoms with Gasteiger partial charge in [0.15, 0.2) is 0 Å². The maximum absolute atomic E-state index is 12.7. The van der Waals surface area contributed by atoms with E-state index in [0.29, 0.717) is 13.1 Å². The first-order valence-electron chi connectivity index (χ1n) is 7.57. The van der Waals surface area contributed by atoms with Gasteiger partial charge in [0, 0.05) is 19.5 Å². The maximum Gasteiger partial charge on any atom is 0.303 e. The summed E-state index contributed by atoms with van der Waals surface area (Å²) >= 11 is 0. The van der Waals surface area contributed by atoms with Gasteiger partial charge in [-0.2, -0.15) is 0 Å². The molecule has 0 aromatic heterocycles. The Labute approximate surface area is 124 Å². The molecule has 0 radical (unpaired) electrons. The highest BCUT2D eigenvalue weighted by Crippen LogP contribution is 2.44. The van der Waals surface area contributed by atoms with Crippen LogP contribution in [0.15, 0.2) is 0 Å². The van der Waals surface area contributed by atoms with E-state index < -0.39 is 16.9 Å². The first-order valence-corrected chi connectivity index (χ1v) is 7.57. The second-order valence-corrected chi connectivity index (χ2v) is 6.81. The zero-order valence-electron chi connectivity index (χ0n) is 12.8. The molecular formula is C15H24N2O4. The van der Waals surface area contributed by atoms with Crippen molar-refractivity contribution in [1.82, 2.24) is 10.2 Å². The van der Waals surface area contributed by atoms with Crippen LogP contribution in [0.5, 0.6) is 0 Å². The van der Waals surface area contributed by atoms with Crippen LogP contribution in [0.1, 0.15) is 52.4 Å². The minimum atomic E-state index is -0.863. The van der Waals surface area contributed by atoms with Gasteiger partial charge in [-0.1, -0.05) is 12.8 Å². The molecule has 2 amide bonds. The predicted molar refractivity (Wildman–Crippen MR) is 76.6 cm³/mol. The molecule has 1 aliphatic carbocycles. The summed E-state index contributed by atoms with van der Waals surface area (Å²) in [6.07, 6.45) is 3.79. The Hall–Kier alpha value is -1.59. The van der Waals surface area contributed by atoms with E-state index in [0.717, 1.165) is 25.7 Å². The van der Waals surface area contributed by atoms with Gasteiger partial charge in [-0.15, -0.1) is 0 Å². The van der Waals surface area contributed by atoms with E-state index >= 15 is 0 Å². The van der Waals surface area contributed by atoms with E-state index in [4.69, 9.17) is 5.11 Å². The Morgan fingerprint density at radius 3 is 2.43 bits per heavy atom. The summed E-state index contributed by atoms with van der Waals surface area (Å²) < 4.78 is 0. The van der Waals surface area contributed by atoms with Crippen LogP contribution in [-0.4, -0.2) is 46.4 Å². The Bertz CT molecular complexity index is 453. The number of hydrogen-bond acceptors (Lipinski definition) is 3. The molecule has 2 fully saturated rings.